The fraction of sp³-hybridized carbons (Fsp3) is 0.611. The molecule has 1 aliphatic heterocycles. The van der Waals surface area contributed by atoms with E-state index in [0.717, 1.165) is 24.9 Å². The Bertz CT molecular complexity index is 560. The number of fused-ring (bicyclic) bond motifs is 1. The molecule has 0 radical (unpaired) electrons. The molecule has 2 atom stereocenters. The average Bonchev–Trinajstić information content (AvgIpc) is 2.88. The van der Waals surface area contributed by atoms with E-state index in [2.05, 4.69) is 36.9 Å². The smallest absolute Gasteiger partial charge is 0.245 e. The molecule has 3 heteroatoms. The van der Waals surface area contributed by atoms with Crippen molar-refractivity contribution in [2.24, 2.45) is 0 Å². The first-order valence-corrected chi connectivity index (χ1v) is 8.47. The van der Waals surface area contributed by atoms with Crippen LogP contribution in [-0.4, -0.2) is 16.8 Å². The number of anilines is 1. The number of carbonyl (C=O) groups excluding carboxylic acids is 1. The minimum Gasteiger partial charge on any atom is -0.305 e. The third-order valence-corrected chi connectivity index (χ3v) is 5.40. The maximum absolute atomic E-state index is 12.8. The summed E-state index contributed by atoms with van der Waals surface area (Å²) in [5, 5.41) is -0.468. The Kier molecular flexibility index (Phi) is 3.77. The summed E-state index contributed by atoms with van der Waals surface area (Å²) in [6.07, 6.45) is 5.72. The van der Waals surface area contributed by atoms with E-state index in [-0.39, 0.29) is 11.4 Å². The lowest BCUT2D eigenvalue weighted by atomic mass is 9.76. The molecule has 1 heterocycles. The molecule has 1 fully saturated rings. The molecule has 1 aromatic rings. The molecule has 1 amide bonds. The lowest BCUT2D eigenvalue weighted by Gasteiger charge is -2.48. The number of alkyl halides is 1. The summed E-state index contributed by atoms with van der Waals surface area (Å²) in [6.45, 7) is 6.20. The van der Waals surface area contributed by atoms with Crippen LogP contribution in [-0.2, 0) is 4.79 Å². The summed E-state index contributed by atoms with van der Waals surface area (Å²) in [5.41, 5.74) is 3.66. The topological polar surface area (TPSA) is 20.3 Å². The highest BCUT2D eigenvalue weighted by Crippen LogP contribution is 2.51. The Morgan fingerprint density at radius 1 is 1.38 bits per heavy atom. The van der Waals surface area contributed by atoms with Gasteiger partial charge in [-0.3, -0.25) is 4.79 Å². The van der Waals surface area contributed by atoms with Crippen molar-refractivity contribution in [3.05, 3.63) is 29.3 Å². The summed E-state index contributed by atoms with van der Waals surface area (Å²) in [5.74, 6) is 0.572. The highest BCUT2D eigenvalue weighted by Gasteiger charge is 2.48. The van der Waals surface area contributed by atoms with E-state index in [0.29, 0.717) is 5.92 Å². The van der Waals surface area contributed by atoms with Gasteiger partial charge in [-0.25, -0.2) is 0 Å². The van der Waals surface area contributed by atoms with Gasteiger partial charge in [0.05, 0.1) is 0 Å². The van der Waals surface area contributed by atoms with Gasteiger partial charge in [0, 0.05) is 11.2 Å². The van der Waals surface area contributed by atoms with Crippen LogP contribution in [0.5, 0.6) is 0 Å². The summed E-state index contributed by atoms with van der Waals surface area (Å²) in [6, 6.07) is 6.47. The monoisotopic (exact) mass is 305 g/mol. The molecule has 1 aromatic carbocycles. The normalized spacial score (nSPS) is 25.0. The lowest BCUT2D eigenvalue weighted by Crippen LogP contribution is -2.55. The van der Waals surface area contributed by atoms with Gasteiger partial charge in [-0.05, 0) is 50.7 Å². The number of hydrogen-bond donors (Lipinski definition) is 0. The molecule has 0 aromatic heterocycles. The van der Waals surface area contributed by atoms with E-state index in [1.54, 1.807) is 6.92 Å². The van der Waals surface area contributed by atoms with Gasteiger partial charge in [0.25, 0.3) is 0 Å². The van der Waals surface area contributed by atoms with E-state index in [1.807, 2.05) is 0 Å². The maximum atomic E-state index is 12.8. The van der Waals surface area contributed by atoms with Crippen molar-refractivity contribution in [3.8, 4) is 0 Å². The first-order chi connectivity index (χ1) is 9.94. The quantitative estimate of drug-likeness (QED) is 0.684. The Labute approximate surface area is 132 Å². The number of rotatable bonds is 1. The van der Waals surface area contributed by atoms with E-state index in [1.165, 1.54) is 24.0 Å². The van der Waals surface area contributed by atoms with Crippen molar-refractivity contribution < 1.29 is 4.79 Å². The molecule has 21 heavy (non-hydrogen) atoms. The second-order valence-electron chi connectivity index (χ2n) is 6.89. The van der Waals surface area contributed by atoms with Crippen LogP contribution >= 0.6 is 11.6 Å². The maximum Gasteiger partial charge on any atom is 0.245 e. The Morgan fingerprint density at radius 2 is 2.05 bits per heavy atom. The zero-order valence-electron chi connectivity index (χ0n) is 13.2. The van der Waals surface area contributed by atoms with Gasteiger partial charge in [-0.2, -0.15) is 0 Å². The summed E-state index contributed by atoms with van der Waals surface area (Å²) >= 11 is 6.17. The van der Waals surface area contributed by atoms with E-state index >= 15 is 0 Å². The van der Waals surface area contributed by atoms with Crippen LogP contribution < -0.4 is 4.90 Å². The molecule has 1 saturated carbocycles. The third-order valence-electron chi connectivity index (χ3n) is 5.21. The highest BCUT2D eigenvalue weighted by atomic mass is 35.5. The van der Waals surface area contributed by atoms with Crippen LogP contribution in [0.4, 0.5) is 5.69 Å². The van der Waals surface area contributed by atoms with Crippen LogP contribution in [0.1, 0.15) is 63.0 Å². The molecule has 114 valence electrons. The molecule has 3 rings (SSSR count). The van der Waals surface area contributed by atoms with Gasteiger partial charge in [-0.1, -0.05) is 37.5 Å². The van der Waals surface area contributed by atoms with E-state index in [9.17, 15) is 4.79 Å². The number of halogens is 1. The van der Waals surface area contributed by atoms with Crippen molar-refractivity contribution in [2.75, 3.05) is 4.90 Å². The lowest BCUT2D eigenvalue weighted by molar-refractivity contribution is -0.119. The van der Waals surface area contributed by atoms with Crippen molar-refractivity contribution >= 4 is 23.2 Å². The number of benzene rings is 1. The van der Waals surface area contributed by atoms with Crippen LogP contribution in [0.2, 0.25) is 0 Å². The number of nitrogens with zero attached hydrogens (tertiary/aromatic N) is 1. The summed E-state index contributed by atoms with van der Waals surface area (Å²) in [4.78, 5) is 14.9. The Morgan fingerprint density at radius 3 is 2.67 bits per heavy atom. The predicted molar refractivity (Wildman–Crippen MR) is 88.2 cm³/mol. The summed E-state index contributed by atoms with van der Waals surface area (Å²) < 4.78 is 0. The molecule has 0 saturated heterocycles. The molecule has 1 aliphatic carbocycles. The average molecular weight is 306 g/mol. The van der Waals surface area contributed by atoms with E-state index in [4.69, 9.17) is 11.6 Å². The van der Waals surface area contributed by atoms with Crippen molar-refractivity contribution in [3.63, 3.8) is 0 Å². The molecule has 1 spiro atoms. The second-order valence-corrected chi connectivity index (χ2v) is 7.54. The van der Waals surface area contributed by atoms with Gasteiger partial charge in [0.15, 0.2) is 0 Å². The Hall–Kier alpha value is -1.02. The van der Waals surface area contributed by atoms with Crippen LogP contribution in [0.15, 0.2) is 18.2 Å². The largest absolute Gasteiger partial charge is 0.305 e. The molecule has 0 bridgehead atoms. The van der Waals surface area contributed by atoms with Crippen molar-refractivity contribution in [2.45, 2.75) is 69.7 Å². The molecular weight excluding hydrogens is 282 g/mol. The standard InChI is InChI=1S/C18H24ClNO/c1-12-6-7-16-15(10-12)13(2)11-18(8-4-5-9-18)20(16)17(21)14(3)19/h6-7,10,13-14H,4-5,8-9,11H2,1-3H3. The minimum atomic E-state index is -0.468. The van der Waals surface area contributed by atoms with Gasteiger partial charge < -0.3 is 4.90 Å². The SMILES string of the molecule is Cc1ccc2c(c1)C(C)CC1(CCCC1)N2C(=O)C(C)Cl. The Balaban J connectivity index is 2.14. The van der Waals surface area contributed by atoms with Gasteiger partial charge in [0.2, 0.25) is 5.91 Å². The summed E-state index contributed by atoms with van der Waals surface area (Å²) in [7, 11) is 0. The minimum absolute atomic E-state index is 0.00189. The first kappa shape index (κ1) is 14.9. The molecule has 2 nitrogen and oxygen atoms in total. The number of amides is 1. The molecular formula is C18H24ClNO. The van der Waals surface area contributed by atoms with Gasteiger partial charge in [0.1, 0.15) is 5.38 Å². The third kappa shape index (κ3) is 2.38. The predicted octanol–water partition coefficient (Wildman–Crippen LogP) is 4.78. The van der Waals surface area contributed by atoms with E-state index < -0.39 is 5.38 Å². The highest BCUT2D eigenvalue weighted by molar-refractivity contribution is 6.32. The van der Waals surface area contributed by atoms with Gasteiger partial charge in [-0.15, -0.1) is 11.6 Å². The van der Waals surface area contributed by atoms with Crippen LogP contribution in [0.25, 0.3) is 0 Å². The fourth-order valence-electron chi connectivity index (χ4n) is 4.29. The fourth-order valence-corrected chi connectivity index (χ4v) is 4.39. The van der Waals surface area contributed by atoms with Crippen molar-refractivity contribution in [1.29, 1.82) is 0 Å². The zero-order chi connectivity index (χ0) is 15.2. The molecule has 2 aliphatic rings. The number of carbonyl (C=O) groups is 1. The van der Waals surface area contributed by atoms with Crippen LogP contribution in [0.3, 0.4) is 0 Å². The second kappa shape index (κ2) is 5.31. The van der Waals surface area contributed by atoms with Gasteiger partial charge >= 0.3 is 0 Å². The molecule has 2 unspecified atom stereocenters. The van der Waals surface area contributed by atoms with Crippen LogP contribution in [0, 0.1) is 6.92 Å². The first-order valence-electron chi connectivity index (χ1n) is 8.03. The van der Waals surface area contributed by atoms with Crippen molar-refractivity contribution in [1.82, 2.24) is 0 Å². The molecule has 0 N–H and O–H groups in total. The number of hydrogen-bond acceptors (Lipinski definition) is 1. The zero-order valence-corrected chi connectivity index (χ0v) is 13.9. The number of aryl methyl sites for hydroxylation is 1.